The molecule has 0 unspecified atom stereocenters. The number of hydrogen-bond acceptors (Lipinski definition) is 5. The van der Waals surface area contributed by atoms with Gasteiger partial charge in [-0.1, -0.05) is 12.8 Å². The molecule has 1 N–H and O–H groups in total. The Morgan fingerprint density at radius 3 is 2.55 bits per heavy atom. The Kier molecular flexibility index (Phi) is 4.80. The highest BCUT2D eigenvalue weighted by molar-refractivity contribution is 7.90. The van der Waals surface area contributed by atoms with Crippen LogP contribution in [0.1, 0.15) is 37.7 Å². The number of amides is 1. The van der Waals surface area contributed by atoms with Gasteiger partial charge in [0.1, 0.15) is 0 Å². The maximum absolute atomic E-state index is 12.2. The molecule has 1 aliphatic rings. The molecule has 0 saturated heterocycles. The summed E-state index contributed by atoms with van der Waals surface area (Å²) < 4.78 is 26.5. The molecule has 0 heterocycles. The van der Waals surface area contributed by atoms with Crippen LogP contribution in [-0.4, -0.2) is 19.2 Å². The fourth-order valence-electron chi connectivity index (χ4n) is 2.77. The molecule has 1 amide bonds. The molecule has 0 bridgehead atoms. The molecule has 8 heteroatoms. The van der Waals surface area contributed by atoms with E-state index in [1.54, 1.807) is 0 Å². The van der Waals surface area contributed by atoms with Crippen molar-refractivity contribution in [1.82, 2.24) is 4.72 Å². The quantitative estimate of drug-likeness (QED) is 0.660. The number of nitrogens with one attached hydrogen (secondary N) is 1. The summed E-state index contributed by atoms with van der Waals surface area (Å²) in [5.41, 5.74) is 0.0455. The van der Waals surface area contributed by atoms with Gasteiger partial charge in [-0.15, -0.1) is 0 Å². The minimum atomic E-state index is -4.00. The summed E-state index contributed by atoms with van der Waals surface area (Å²) in [6.45, 7) is 1.46. The molecule has 2 rings (SSSR count). The second-order valence-corrected chi connectivity index (χ2v) is 7.24. The van der Waals surface area contributed by atoms with Gasteiger partial charge in [-0.2, -0.15) is 0 Å². The van der Waals surface area contributed by atoms with E-state index in [4.69, 9.17) is 0 Å². The van der Waals surface area contributed by atoms with Crippen molar-refractivity contribution in [2.45, 2.75) is 43.9 Å². The number of hydrogen-bond donors (Lipinski definition) is 1. The largest absolute Gasteiger partial charge is 0.274 e. The van der Waals surface area contributed by atoms with Crippen molar-refractivity contribution in [3.63, 3.8) is 0 Å². The van der Waals surface area contributed by atoms with E-state index >= 15 is 0 Å². The third-order valence-corrected chi connectivity index (χ3v) is 5.39. The van der Waals surface area contributed by atoms with Crippen LogP contribution in [0.5, 0.6) is 0 Å². The Bertz CT molecular complexity index is 693. The van der Waals surface area contributed by atoms with E-state index in [1.165, 1.54) is 13.0 Å². The normalized spacial score (nSPS) is 15.7. The molecule has 0 aliphatic heterocycles. The van der Waals surface area contributed by atoms with E-state index in [2.05, 4.69) is 4.72 Å². The molecule has 0 aromatic heterocycles. The first kappa shape index (κ1) is 16.4. The zero-order valence-corrected chi connectivity index (χ0v) is 13.1. The maximum atomic E-state index is 12.2. The molecule has 1 aromatic carbocycles. The smallest absolute Gasteiger partial charge is 0.269 e. The Balaban J connectivity index is 2.12. The Hall–Kier alpha value is -1.96. The van der Waals surface area contributed by atoms with Crippen LogP contribution < -0.4 is 4.72 Å². The lowest BCUT2D eigenvalue weighted by Crippen LogP contribution is -2.32. The van der Waals surface area contributed by atoms with Crippen LogP contribution in [0.4, 0.5) is 5.69 Å². The monoisotopic (exact) mass is 326 g/mol. The molecule has 1 aliphatic carbocycles. The Morgan fingerprint density at radius 1 is 1.36 bits per heavy atom. The van der Waals surface area contributed by atoms with Crippen molar-refractivity contribution in [3.05, 3.63) is 33.9 Å². The zero-order valence-electron chi connectivity index (χ0n) is 12.2. The van der Waals surface area contributed by atoms with Crippen LogP contribution in [0.15, 0.2) is 23.1 Å². The summed E-state index contributed by atoms with van der Waals surface area (Å²) in [5.74, 6) is -0.280. The minimum Gasteiger partial charge on any atom is -0.274 e. The number of rotatable bonds is 5. The highest BCUT2D eigenvalue weighted by atomic mass is 32.2. The summed E-state index contributed by atoms with van der Waals surface area (Å²) in [4.78, 5) is 21.8. The lowest BCUT2D eigenvalue weighted by molar-refractivity contribution is -0.385. The highest BCUT2D eigenvalue weighted by Gasteiger charge is 2.24. The molecule has 1 saturated carbocycles. The van der Waals surface area contributed by atoms with Gasteiger partial charge in [0.25, 0.3) is 15.7 Å². The zero-order chi connectivity index (χ0) is 16.3. The molecule has 0 radical (unpaired) electrons. The van der Waals surface area contributed by atoms with E-state index in [9.17, 15) is 23.3 Å². The van der Waals surface area contributed by atoms with Crippen molar-refractivity contribution < 1.29 is 18.1 Å². The van der Waals surface area contributed by atoms with Gasteiger partial charge in [0.2, 0.25) is 5.91 Å². The molecule has 1 aromatic rings. The van der Waals surface area contributed by atoms with Gasteiger partial charge in [0.05, 0.1) is 9.82 Å². The number of carbonyl (C=O) groups excluding carboxylic acids is 1. The molecule has 120 valence electrons. The van der Waals surface area contributed by atoms with Crippen LogP contribution in [0.25, 0.3) is 0 Å². The van der Waals surface area contributed by atoms with Crippen molar-refractivity contribution in [1.29, 1.82) is 0 Å². The Labute approximate surface area is 128 Å². The first-order valence-electron chi connectivity index (χ1n) is 7.10. The van der Waals surface area contributed by atoms with Crippen LogP contribution in [0, 0.1) is 23.0 Å². The number of non-ortho nitro benzene ring substituents is 1. The molecular weight excluding hydrogens is 308 g/mol. The van der Waals surface area contributed by atoms with Crippen molar-refractivity contribution in [2.75, 3.05) is 0 Å². The number of nitro groups is 1. The predicted octanol–water partition coefficient (Wildman–Crippen LogP) is 2.29. The van der Waals surface area contributed by atoms with E-state index in [0.717, 1.165) is 37.8 Å². The molecule has 22 heavy (non-hydrogen) atoms. The van der Waals surface area contributed by atoms with Crippen molar-refractivity contribution in [2.24, 2.45) is 5.92 Å². The van der Waals surface area contributed by atoms with E-state index in [-0.39, 0.29) is 28.5 Å². The number of nitro benzene ring substituents is 1. The number of aryl methyl sites for hydroxylation is 1. The fraction of sp³-hybridized carbons (Fsp3) is 0.500. The number of benzene rings is 1. The maximum Gasteiger partial charge on any atom is 0.269 e. The first-order valence-corrected chi connectivity index (χ1v) is 8.58. The third kappa shape index (κ3) is 3.82. The summed E-state index contributed by atoms with van der Waals surface area (Å²) in [6.07, 6.45) is 4.25. The van der Waals surface area contributed by atoms with Gasteiger partial charge >= 0.3 is 0 Å². The SMILES string of the molecule is Cc1cc([N+](=O)[O-])ccc1S(=O)(=O)NC(=O)CC1CCCC1. The van der Waals surface area contributed by atoms with Gasteiger partial charge in [0.15, 0.2) is 0 Å². The number of nitrogens with zero attached hydrogens (tertiary/aromatic N) is 1. The van der Waals surface area contributed by atoms with Crippen LogP contribution >= 0.6 is 0 Å². The Morgan fingerprint density at radius 2 is 2.00 bits per heavy atom. The van der Waals surface area contributed by atoms with Gasteiger partial charge in [-0.05, 0) is 37.3 Å². The van der Waals surface area contributed by atoms with E-state index in [0.29, 0.717) is 0 Å². The minimum absolute atomic E-state index is 0.113. The second kappa shape index (κ2) is 6.43. The summed E-state index contributed by atoms with van der Waals surface area (Å²) >= 11 is 0. The number of sulfonamides is 1. The van der Waals surface area contributed by atoms with Crippen LogP contribution in [0.2, 0.25) is 0 Å². The van der Waals surface area contributed by atoms with E-state index in [1.807, 2.05) is 0 Å². The fourth-order valence-corrected chi connectivity index (χ4v) is 3.99. The molecule has 1 fully saturated rings. The van der Waals surface area contributed by atoms with Crippen LogP contribution in [0.3, 0.4) is 0 Å². The average Bonchev–Trinajstić information content (AvgIpc) is 2.90. The van der Waals surface area contributed by atoms with E-state index < -0.39 is 20.9 Å². The molecule has 0 spiro atoms. The standard InChI is InChI=1S/C14H18N2O5S/c1-10-8-12(16(18)19)6-7-13(10)22(20,21)15-14(17)9-11-4-2-3-5-11/h6-8,11H,2-5,9H2,1H3,(H,15,17). The summed E-state index contributed by atoms with van der Waals surface area (Å²) in [7, 11) is -4.00. The third-order valence-electron chi connectivity index (χ3n) is 3.86. The van der Waals surface area contributed by atoms with Crippen molar-refractivity contribution >= 4 is 21.6 Å². The van der Waals surface area contributed by atoms with Gasteiger partial charge < -0.3 is 0 Å². The summed E-state index contributed by atoms with van der Waals surface area (Å²) in [5, 5.41) is 10.7. The van der Waals surface area contributed by atoms with Gasteiger partial charge in [0, 0.05) is 18.6 Å². The van der Waals surface area contributed by atoms with Gasteiger partial charge in [-0.3, -0.25) is 14.9 Å². The predicted molar refractivity (Wildman–Crippen MR) is 79.7 cm³/mol. The lowest BCUT2D eigenvalue weighted by atomic mass is 10.0. The molecule has 0 atom stereocenters. The van der Waals surface area contributed by atoms with Gasteiger partial charge in [-0.25, -0.2) is 13.1 Å². The van der Waals surface area contributed by atoms with Crippen molar-refractivity contribution in [3.8, 4) is 0 Å². The first-order chi connectivity index (χ1) is 10.3. The second-order valence-electron chi connectivity index (χ2n) is 5.59. The summed E-state index contributed by atoms with van der Waals surface area (Å²) in [6, 6.07) is 3.44. The average molecular weight is 326 g/mol. The molecular formula is C14H18N2O5S. The number of carbonyl (C=O) groups is 1. The topological polar surface area (TPSA) is 106 Å². The lowest BCUT2D eigenvalue weighted by Gasteiger charge is -2.11. The highest BCUT2D eigenvalue weighted by Crippen LogP contribution is 2.27. The van der Waals surface area contributed by atoms with Crippen LogP contribution in [-0.2, 0) is 14.8 Å². The molecule has 7 nitrogen and oxygen atoms in total.